The summed E-state index contributed by atoms with van der Waals surface area (Å²) in [4.78, 5) is 4.39. The van der Waals surface area contributed by atoms with Crippen LogP contribution in [0, 0.1) is 11.8 Å². The zero-order chi connectivity index (χ0) is 24.1. The zero-order valence-corrected chi connectivity index (χ0v) is 23.0. The number of rotatable bonds is 8. The second-order valence-electron chi connectivity index (χ2n) is 8.51. The largest absolute Gasteiger partial charge is 0.341 e. The van der Waals surface area contributed by atoms with Crippen molar-refractivity contribution in [1.82, 2.24) is 14.3 Å². The summed E-state index contributed by atoms with van der Waals surface area (Å²) in [5, 5.41) is 0. The van der Waals surface area contributed by atoms with Gasteiger partial charge in [-0.2, -0.15) is 0 Å². The highest BCUT2D eigenvalue weighted by Gasteiger charge is 2.31. The third-order valence-electron chi connectivity index (χ3n) is 5.93. The Hall–Kier alpha value is -1.76. The lowest BCUT2D eigenvalue weighted by Gasteiger charge is -2.35. The van der Waals surface area contributed by atoms with Crippen LogP contribution in [0.5, 0.6) is 0 Å². The van der Waals surface area contributed by atoms with Crippen molar-refractivity contribution >= 4 is 38.5 Å². The van der Waals surface area contributed by atoms with Crippen LogP contribution < -0.4 is 4.72 Å². The summed E-state index contributed by atoms with van der Waals surface area (Å²) in [6.45, 7) is 2.96. The summed E-state index contributed by atoms with van der Waals surface area (Å²) in [6.07, 6.45) is 6.58. The Morgan fingerprint density at radius 3 is 2.44 bits per heavy atom. The Kier molecular flexibility index (Phi) is 8.43. The second-order valence-corrected chi connectivity index (χ2v) is 12.0. The van der Waals surface area contributed by atoms with E-state index in [1.165, 1.54) is 11.8 Å². The lowest BCUT2D eigenvalue weighted by Crippen LogP contribution is -2.42. The highest BCUT2D eigenvalue weighted by Crippen LogP contribution is 2.37. The van der Waals surface area contributed by atoms with Gasteiger partial charge in [0.25, 0.3) is 0 Å². The molecule has 1 saturated carbocycles. The van der Waals surface area contributed by atoms with Crippen LogP contribution in [0.15, 0.2) is 60.9 Å². The minimum absolute atomic E-state index is 0.0485. The zero-order valence-electron chi connectivity index (χ0n) is 19.0. The molecule has 1 heterocycles. The standard InChI is InChI=1S/C25H27IN3O3PS/c1-18(32-33-26)25-27-13-15-29(25)14-3-4-19-5-7-20(8-6-19)21-9-11-22(12-10-21)23-16-24(17-23)28-34(2,30)31/h5-13,15,18,23-24,28,33H,14,16-17H2,1-2H3. The molecule has 1 aliphatic carbocycles. The number of benzene rings is 2. The fraction of sp³-hybridized carbons (Fsp3) is 0.320. The van der Waals surface area contributed by atoms with E-state index in [0.717, 1.165) is 35.4 Å². The van der Waals surface area contributed by atoms with E-state index in [1.807, 2.05) is 29.8 Å². The van der Waals surface area contributed by atoms with Crippen molar-refractivity contribution in [3.63, 3.8) is 0 Å². The average molecular weight is 607 g/mol. The Morgan fingerprint density at radius 2 is 1.82 bits per heavy atom. The molecule has 2 aromatic carbocycles. The lowest BCUT2D eigenvalue weighted by atomic mass is 9.76. The van der Waals surface area contributed by atoms with Crippen molar-refractivity contribution < 1.29 is 12.9 Å². The molecule has 1 aliphatic rings. The van der Waals surface area contributed by atoms with Crippen LogP contribution in [-0.4, -0.2) is 30.3 Å². The maximum atomic E-state index is 11.3. The number of halogens is 1. The highest BCUT2D eigenvalue weighted by atomic mass is 127. The van der Waals surface area contributed by atoms with E-state index in [2.05, 4.69) is 80.0 Å². The maximum absolute atomic E-state index is 11.3. The Balaban J connectivity index is 1.34. The third-order valence-corrected chi connectivity index (χ3v) is 7.90. The van der Waals surface area contributed by atoms with Crippen molar-refractivity contribution in [2.24, 2.45) is 0 Å². The van der Waals surface area contributed by atoms with Gasteiger partial charge in [-0.15, -0.1) is 0 Å². The van der Waals surface area contributed by atoms with Gasteiger partial charge in [-0.3, -0.25) is 0 Å². The molecule has 0 bridgehead atoms. The van der Waals surface area contributed by atoms with Crippen LogP contribution in [0.2, 0.25) is 0 Å². The molecule has 2 atom stereocenters. The summed E-state index contributed by atoms with van der Waals surface area (Å²) in [7, 11) is -3.13. The van der Waals surface area contributed by atoms with Crippen LogP contribution in [0.3, 0.4) is 0 Å². The molecule has 178 valence electrons. The number of sulfonamides is 1. The fourth-order valence-electron chi connectivity index (χ4n) is 4.14. The SMILES string of the molecule is CC(OPI)c1nccn1CC#Cc1ccc(-c2ccc(C3CC(NS(C)(=O)=O)C3)cc2)cc1. The first-order chi connectivity index (χ1) is 16.3. The van der Waals surface area contributed by atoms with Crippen LogP contribution in [0.25, 0.3) is 11.1 Å². The van der Waals surface area contributed by atoms with Gasteiger partial charge in [0.15, 0.2) is 0 Å². The molecule has 0 radical (unpaired) electrons. The van der Waals surface area contributed by atoms with E-state index in [-0.39, 0.29) is 12.1 Å². The number of aromatic nitrogens is 2. The number of hydrogen-bond acceptors (Lipinski definition) is 4. The van der Waals surface area contributed by atoms with Gasteiger partial charge in [0.2, 0.25) is 10.0 Å². The molecule has 1 aromatic heterocycles. The maximum Gasteiger partial charge on any atom is 0.208 e. The number of hydrogen-bond donors (Lipinski definition) is 1. The van der Waals surface area contributed by atoms with E-state index < -0.39 is 10.0 Å². The minimum atomic E-state index is -3.13. The van der Waals surface area contributed by atoms with Gasteiger partial charge in [0.1, 0.15) is 11.9 Å². The molecular formula is C25H27IN3O3PS. The number of imidazole rings is 1. The number of nitrogens with one attached hydrogen (secondary N) is 1. The summed E-state index contributed by atoms with van der Waals surface area (Å²) in [5.41, 5.74) is 4.53. The van der Waals surface area contributed by atoms with Gasteiger partial charge < -0.3 is 9.09 Å². The van der Waals surface area contributed by atoms with Gasteiger partial charge in [-0.25, -0.2) is 18.1 Å². The van der Waals surface area contributed by atoms with Crippen LogP contribution in [0.4, 0.5) is 0 Å². The van der Waals surface area contributed by atoms with Crippen LogP contribution in [-0.2, 0) is 21.1 Å². The van der Waals surface area contributed by atoms with Crippen molar-refractivity contribution in [2.45, 2.75) is 44.4 Å². The predicted octanol–water partition coefficient (Wildman–Crippen LogP) is 5.42. The number of nitrogens with zero attached hydrogens (tertiary/aromatic N) is 2. The first kappa shape index (κ1) is 25.3. The molecule has 0 aliphatic heterocycles. The van der Waals surface area contributed by atoms with Crippen molar-refractivity contribution in [2.75, 3.05) is 6.26 Å². The molecule has 6 nitrogen and oxygen atoms in total. The van der Waals surface area contributed by atoms with Crippen LogP contribution in [0.1, 0.15) is 48.7 Å². The molecule has 9 heteroatoms. The molecule has 0 saturated heterocycles. The first-order valence-corrected chi connectivity index (χ1v) is 16.9. The molecule has 2 unspecified atom stereocenters. The first-order valence-electron chi connectivity index (χ1n) is 11.0. The topological polar surface area (TPSA) is 73.2 Å². The van der Waals surface area contributed by atoms with Crippen LogP contribution >= 0.6 is 28.5 Å². The molecule has 34 heavy (non-hydrogen) atoms. The average Bonchev–Trinajstić information content (AvgIpc) is 3.25. The van der Waals surface area contributed by atoms with E-state index in [0.29, 0.717) is 18.9 Å². The fourth-order valence-corrected chi connectivity index (χ4v) is 6.32. The quantitative estimate of drug-likeness (QED) is 0.211. The molecular weight excluding hydrogens is 580 g/mol. The monoisotopic (exact) mass is 607 g/mol. The van der Waals surface area contributed by atoms with E-state index in [1.54, 1.807) is 6.20 Å². The summed E-state index contributed by atoms with van der Waals surface area (Å²) < 4.78 is 33.1. The minimum Gasteiger partial charge on any atom is -0.341 e. The van der Waals surface area contributed by atoms with E-state index >= 15 is 0 Å². The van der Waals surface area contributed by atoms with Crippen molar-refractivity contribution in [1.29, 1.82) is 0 Å². The Morgan fingerprint density at radius 1 is 1.18 bits per heavy atom. The molecule has 1 fully saturated rings. The van der Waals surface area contributed by atoms with Gasteiger partial charge >= 0.3 is 0 Å². The van der Waals surface area contributed by atoms with Gasteiger partial charge in [0.05, 0.1) is 19.3 Å². The Labute approximate surface area is 216 Å². The smallest absolute Gasteiger partial charge is 0.208 e. The molecule has 3 aromatic rings. The predicted molar refractivity (Wildman–Crippen MR) is 147 cm³/mol. The molecule has 4 rings (SSSR count). The normalized spacial score (nSPS) is 18.9. The van der Waals surface area contributed by atoms with E-state index in [9.17, 15) is 8.42 Å². The second kappa shape index (κ2) is 11.3. The van der Waals surface area contributed by atoms with Crippen molar-refractivity contribution in [3.05, 3.63) is 77.9 Å². The van der Waals surface area contributed by atoms with Crippen molar-refractivity contribution in [3.8, 4) is 23.0 Å². The van der Waals surface area contributed by atoms with Gasteiger partial charge in [-0.05, 0) is 76.5 Å². The summed E-state index contributed by atoms with van der Waals surface area (Å²) in [6, 6.07) is 16.9. The molecule has 1 N–H and O–H groups in total. The molecule has 0 amide bonds. The molecule has 0 spiro atoms. The summed E-state index contributed by atoms with van der Waals surface area (Å²) in [5.74, 6) is 7.76. The lowest BCUT2D eigenvalue weighted by molar-refractivity contribution is 0.251. The van der Waals surface area contributed by atoms with E-state index in [4.69, 9.17) is 4.52 Å². The summed E-state index contributed by atoms with van der Waals surface area (Å²) >= 11 is 2.22. The van der Waals surface area contributed by atoms with Gasteiger partial charge in [-0.1, -0.05) is 48.2 Å². The highest BCUT2D eigenvalue weighted by molar-refractivity contribution is 14.2. The van der Waals surface area contributed by atoms with Gasteiger partial charge in [0, 0.05) is 24.0 Å². The Bertz CT molecular complexity index is 1280. The third kappa shape index (κ3) is 6.67.